The second-order valence-corrected chi connectivity index (χ2v) is 6.12. The number of tetrazole rings is 1. The molecule has 1 atom stereocenters. The standard InChI is InChI=1S/C12H24N6S/c1-13-7-9-18-12(14-15-16-18)19-10-6-11-5-3-4-8-17(11)2/h11,13H,3-10H2,1-2H3. The van der Waals surface area contributed by atoms with E-state index in [0.717, 1.165) is 30.0 Å². The number of nitrogens with one attached hydrogen (secondary N) is 1. The molecular formula is C12H24N6S. The lowest BCUT2D eigenvalue weighted by molar-refractivity contribution is 0.182. The lowest BCUT2D eigenvalue weighted by Gasteiger charge is -2.32. The molecule has 0 saturated carbocycles. The average molecular weight is 284 g/mol. The summed E-state index contributed by atoms with van der Waals surface area (Å²) in [5.41, 5.74) is 0. The summed E-state index contributed by atoms with van der Waals surface area (Å²) in [6.07, 6.45) is 5.28. The molecule has 2 rings (SSSR count). The van der Waals surface area contributed by atoms with Gasteiger partial charge in [0.1, 0.15) is 0 Å². The first-order valence-electron chi connectivity index (χ1n) is 7.05. The maximum absolute atomic E-state index is 4.09. The molecular weight excluding hydrogens is 260 g/mol. The van der Waals surface area contributed by atoms with E-state index in [2.05, 4.69) is 32.8 Å². The van der Waals surface area contributed by atoms with Crippen molar-refractivity contribution < 1.29 is 0 Å². The van der Waals surface area contributed by atoms with E-state index in [-0.39, 0.29) is 0 Å². The Labute approximate surface area is 119 Å². The zero-order valence-electron chi connectivity index (χ0n) is 11.9. The molecule has 0 amide bonds. The number of thioether (sulfide) groups is 1. The number of likely N-dealkylation sites (N-methyl/N-ethyl adjacent to an activating group) is 1. The van der Waals surface area contributed by atoms with Crippen LogP contribution < -0.4 is 5.32 Å². The summed E-state index contributed by atoms with van der Waals surface area (Å²) in [7, 11) is 4.18. The molecule has 1 fully saturated rings. The minimum Gasteiger partial charge on any atom is -0.318 e. The molecule has 1 aromatic rings. The summed E-state index contributed by atoms with van der Waals surface area (Å²) in [6, 6.07) is 0.739. The summed E-state index contributed by atoms with van der Waals surface area (Å²) in [5.74, 6) is 1.09. The predicted octanol–water partition coefficient (Wildman–Crippen LogP) is 0.859. The lowest BCUT2D eigenvalue weighted by atomic mass is 10.0. The smallest absolute Gasteiger partial charge is 0.209 e. The fourth-order valence-electron chi connectivity index (χ4n) is 2.45. The van der Waals surface area contributed by atoms with Gasteiger partial charge in [-0.15, -0.1) is 5.10 Å². The summed E-state index contributed by atoms with van der Waals surface area (Å²) < 4.78 is 1.88. The Balaban J connectivity index is 1.74. The van der Waals surface area contributed by atoms with Crippen molar-refractivity contribution >= 4 is 11.8 Å². The molecule has 0 aromatic carbocycles. The fourth-order valence-corrected chi connectivity index (χ4v) is 3.40. The maximum Gasteiger partial charge on any atom is 0.209 e. The Morgan fingerprint density at radius 3 is 3.11 bits per heavy atom. The fraction of sp³-hybridized carbons (Fsp3) is 0.917. The van der Waals surface area contributed by atoms with Gasteiger partial charge in [-0.2, -0.15) is 0 Å². The van der Waals surface area contributed by atoms with Crippen LogP contribution in [0.5, 0.6) is 0 Å². The van der Waals surface area contributed by atoms with E-state index in [1.807, 2.05) is 11.7 Å². The molecule has 1 aliphatic heterocycles. The van der Waals surface area contributed by atoms with Crippen molar-refractivity contribution in [3.8, 4) is 0 Å². The van der Waals surface area contributed by atoms with Crippen LogP contribution in [0.3, 0.4) is 0 Å². The highest BCUT2D eigenvalue weighted by molar-refractivity contribution is 7.99. The minimum absolute atomic E-state index is 0.739. The summed E-state index contributed by atoms with van der Waals surface area (Å²) in [4.78, 5) is 2.49. The number of rotatable bonds is 7. The molecule has 19 heavy (non-hydrogen) atoms. The molecule has 1 saturated heterocycles. The first kappa shape index (κ1) is 14.7. The monoisotopic (exact) mass is 284 g/mol. The number of likely N-dealkylation sites (tertiary alicyclic amines) is 1. The van der Waals surface area contributed by atoms with Gasteiger partial charge in [-0.1, -0.05) is 18.2 Å². The Morgan fingerprint density at radius 2 is 2.32 bits per heavy atom. The zero-order chi connectivity index (χ0) is 13.5. The molecule has 108 valence electrons. The molecule has 2 heterocycles. The Kier molecular flexibility index (Phi) is 6.06. The van der Waals surface area contributed by atoms with E-state index in [9.17, 15) is 0 Å². The maximum atomic E-state index is 4.09. The zero-order valence-corrected chi connectivity index (χ0v) is 12.7. The molecule has 7 heteroatoms. The second kappa shape index (κ2) is 7.81. The van der Waals surface area contributed by atoms with Gasteiger partial charge >= 0.3 is 0 Å². The van der Waals surface area contributed by atoms with Crippen LogP contribution >= 0.6 is 11.8 Å². The molecule has 0 radical (unpaired) electrons. The highest BCUT2D eigenvalue weighted by Gasteiger charge is 2.18. The van der Waals surface area contributed by atoms with Gasteiger partial charge in [-0.05, 0) is 50.3 Å². The number of hydrogen-bond acceptors (Lipinski definition) is 6. The van der Waals surface area contributed by atoms with E-state index in [4.69, 9.17) is 0 Å². The van der Waals surface area contributed by atoms with Crippen molar-refractivity contribution in [1.82, 2.24) is 30.4 Å². The van der Waals surface area contributed by atoms with Gasteiger partial charge in [0.15, 0.2) is 0 Å². The van der Waals surface area contributed by atoms with Crippen molar-refractivity contribution in [3.63, 3.8) is 0 Å². The van der Waals surface area contributed by atoms with Gasteiger partial charge in [0.05, 0.1) is 6.54 Å². The molecule has 1 unspecified atom stereocenters. The van der Waals surface area contributed by atoms with E-state index in [0.29, 0.717) is 0 Å². The molecule has 1 aromatic heterocycles. The molecule has 1 aliphatic rings. The first-order chi connectivity index (χ1) is 9.31. The third-order valence-electron chi connectivity index (χ3n) is 3.68. The normalized spacial score (nSPS) is 20.8. The van der Waals surface area contributed by atoms with Gasteiger partial charge < -0.3 is 10.2 Å². The predicted molar refractivity (Wildman–Crippen MR) is 77.4 cm³/mol. The highest BCUT2D eigenvalue weighted by atomic mass is 32.2. The van der Waals surface area contributed by atoms with E-state index < -0.39 is 0 Å². The molecule has 1 N–H and O–H groups in total. The Morgan fingerprint density at radius 1 is 1.42 bits per heavy atom. The third kappa shape index (κ3) is 4.43. The van der Waals surface area contributed by atoms with E-state index in [1.54, 1.807) is 11.8 Å². The van der Waals surface area contributed by atoms with Crippen molar-refractivity contribution in [2.45, 2.75) is 43.4 Å². The number of hydrogen-bond donors (Lipinski definition) is 1. The molecule has 6 nitrogen and oxygen atoms in total. The van der Waals surface area contributed by atoms with Crippen LogP contribution in [0.25, 0.3) is 0 Å². The van der Waals surface area contributed by atoms with Crippen LogP contribution in [0.15, 0.2) is 5.16 Å². The average Bonchev–Trinajstić information content (AvgIpc) is 2.86. The van der Waals surface area contributed by atoms with Crippen LogP contribution in [0.2, 0.25) is 0 Å². The number of aromatic nitrogens is 4. The summed E-state index contributed by atoms with van der Waals surface area (Å²) >= 11 is 1.77. The van der Waals surface area contributed by atoms with Gasteiger partial charge in [-0.3, -0.25) is 0 Å². The number of piperidine rings is 1. The minimum atomic E-state index is 0.739. The molecule has 0 aliphatic carbocycles. The largest absolute Gasteiger partial charge is 0.318 e. The van der Waals surface area contributed by atoms with Gasteiger partial charge in [0.2, 0.25) is 5.16 Å². The molecule has 0 spiro atoms. The van der Waals surface area contributed by atoms with Gasteiger partial charge in [0.25, 0.3) is 0 Å². The lowest BCUT2D eigenvalue weighted by Crippen LogP contribution is -2.36. The number of nitrogens with zero attached hydrogens (tertiary/aromatic N) is 5. The SMILES string of the molecule is CNCCn1nnnc1SCCC1CCCCN1C. The summed E-state index contributed by atoms with van der Waals surface area (Å²) in [6.45, 7) is 2.97. The Bertz CT molecular complexity index is 369. The van der Waals surface area contributed by atoms with Crippen molar-refractivity contribution in [2.24, 2.45) is 0 Å². The van der Waals surface area contributed by atoms with Crippen molar-refractivity contribution in [2.75, 3.05) is 32.9 Å². The van der Waals surface area contributed by atoms with Crippen LogP contribution in [-0.4, -0.2) is 64.1 Å². The first-order valence-corrected chi connectivity index (χ1v) is 8.03. The van der Waals surface area contributed by atoms with Crippen LogP contribution in [-0.2, 0) is 6.54 Å². The van der Waals surface area contributed by atoms with Crippen LogP contribution in [0.1, 0.15) is 25.7 Å². The Hall–Kier alpha value is -0.660. The van der Waals surface area contributed by atoms with Crippen molar-refractivity contribution in [1.29, 1.82) is 0 Å². The van der Waals surface area contributed by atoms with Crippen LogP contribution in [0, 0.1) is 0 Å². The van der Waals surface area contributed by atoms with Gasteiger partial charge in [-0.25, -0.2) is 4.68 Å². The van der Waals surface area contributed by atoms with Gasteiger partial charge in [0, 0.05) is 18.3 Å². The highest BCUT2D eigenvalue weighted by Crippen LogP contribution is 2.22. The quantitative estimate of drug-likeness (QED) is 0.750. The van der Waals surface area contributed by atoms with Crippen molar-refractivity contribution in [3.05, 3.63) is 0 Å². The molecule has 0 bridgehead atoms. The topological polar surface area (TPSA) is 58.9 Å². The van der Waals surface area contributed by atoms with E-state index in [1.165, 1.54) is 32.2 Å². The third-order valence-corrected chi connectivity index (χ3v) is 4.67. The van der Waals surface area contributed by atoms with Crippen LogP contribution in [0.4, 0.5) is 0 Å². The summed E-state index contributed by atoms with van der Waals surface area (Å²) in [5, 5.41) is 15.9. The van der Waals surface area contributed by atoms with E-state index >= 15 is 0 Å². The second-order valence-electron chi connectivity index (χ2n) is 5.06.